The van der Waals surface area contributed by atoms with Gasteiger partial charge in [0, 0.05) is 13.1 Å². The Morgan fingerprint density at radius 1 is 1.00 bits per heavy atom. The first-order chi connectivity index (χ1) is 11.2. The second kappa shape index (κ2) is 5.65. The number of nitrogens with zero attached hydrogens (tertiary/aromatic N) is 5. The summed E-state index contributed by atoms with van der Waals surface area (Å²) in [5, 5.41) is 5.57. The second-order valence-corrected chi connectivity index (χ2v) is 6.68. The van der Waals surface area contributed by atoms with Crippen molar-refractivity contribution in [2.24, 2.45) is 11.8 Å². The maximum absolute atomic E-state index is 4.57. The Kier molecular flexibility index (Phi) is 3.48. The first kappa shape index (κ1) is 14.2. The quantitative estimate of drug-likeness (QED) is 0.729. The van der Waals surface area contributed by atoms with Crippen LogP contribution >= 0.6 is 0 Å². The third-order valence-electron chi connectivity index (χ3n) is 4.51. The summed E-state index contributed by atoms with van der Waals surface area (Å²) in [7, 11) is 0. The summed E-state index contributed by atoms with van der Waals surface area (Å²) in [6, 6.07) is 10.1. The fourth-order valence-corrected chi connectivity index (χ4v) is 3.68. The summed E-state index contributed by atoms with van der Waals surface area (Å²) < 4.78 is 1.89. The number of para-hydroxylation sites is 1. The number of benzene rings is 1. The lowest BCUT2D eigenvalue weighted by atomic mass is 9.92. The van der Waals surface area contributed by atoms with Crippen molar-refractivity contribution in [1.82, 2.24) is 19.7 Å². The lowest BCUT2D eigenvalue weighted by molar-refractivity contribution is 0.356. The van der Waals surface area contributed by atoms with Crippen LogP contribution in [0, 0.1) is 11.8 Å². The fraction of sp³-hybridized carbons (Fsp3) is 0.389. The summed E-state index contributed by atoms with van der Waals surface area (Å²) in [6.07, 6.45) is 4.83. The minimum Gasteiger partial charge on any atom is -0.355 e. The van der Waals surface area contributed by atoms with E-state index in [1.807, 2.05) is 41.2 Å². The van der Waals surface area contributed by atoms with Gasteiger partial charge >= 0.3 is 0 Å². The molecule has 0 bridgehead atoms. The number of rotatable bonds is 2. The van der Waals surface area contributed by atoms with Gasteiger partial charge in [0.05, 0.1) is 17.3 Å². The van der Waals surface area contributed by atoms with Crippen LogP contribution in [0.25, 0.3) is 16.7 Å². The minimum atomic E-state index is 0.688. The van der Waals surface area contributed by atoms with Crippen LogP contribution in [-0.4, -0.2) is 32.8 Å². The maximum atomic E-state index is 4.57. The zero-order chi connectivity index (χ0) is 15.8. The first-order valence-corrected chi connectivity index (χ1v) is 8.21. The summed E-state index contributed by atoms with van der Waals surface area (Å²) in [5.74, 6) is 2.39. The van der Waals surface area contributed by atoms with Gasteiger partial charge in [-0.25, -0.2) is 14.6 Å². The van der Waals surface area contributed by atoms with Crippen molar-refractivity contribution in [2.75, 3.05) is 18.0 Å². The Bertz CT molecular complexity index is 801. The molecule has 0 N–H and O–H groups in total. The van der Waals surface area contributed by atoms with Crippen LogP contribution in [0.15, 0.2) is 42.9 Å². The Morgan fingerprint density at radius 2 is 1.74 bits per heavy atom. The molecule has 1 saturated heterocycles. The number of piperidine rings is 1. The monoisotopic (exact) mass is 307 g/mol. The molecule has 2 aromatic heterocycles. The summed E-state index contributed by atoms with van der Waals surface area (Å²) in [6.45, 7) is 6.73. The van der Waals surface area contributed by atoms with E-state index in [1.54, 1.807) is 6.33 Å². The molecule has 4 rings (SSSR count). The fourth-order valence-electron chi connectivity index (χ4n) is 3.68. The van der Waals surface area contributed by atoms with E-state index in [1.165, 1.54) is 6.42 Å². The molecule has 0 spiro atoms. The maximum Gasteiger partial charge on any atom is 0.168 e. The van der Waals surface area contributed by atoms with Gasteiger partial charge in [-0.15, -0.1) is 0 Å². The summed E-state index contributed by atoms with van der Waals surface area (Å²) in [5.41, 5.74) is 1.89. The van der Waals surface area contributed by atoms with E-state index in [9.17, 15) is 0 Å². The van der Waals surface area contributed by atoms with E-state index >= 15 is 0 Å². The van der Waals surface area contributed by atoms with Crippen LogP contribution in [-0.2, 0) is 0 Å². The van der Waals surface area contributed by atoms with Gasteiger partial charge in [-0.3, -0.25) is 0 Å². The Labute approximate surface area is 136 Å². The molecule has 1 aromatic carbocycles. The topological polar surface area (TPSA) is 46.8 Å². The normalized spacial score (nSPS) is 21.7. The van der Waals surface area contributed by atoms with E-state index in [-0.39, 0.29) is 0 Å². The van der Waals surface area contributed by atoms with Crippen molar-refractivity contribution >= 4 is 16.9 Å². The molecule has 3 heterocycles. The van der Waals surface area contributed by atoms with Gasteiger partial charge in [0.25, 0.3) is 0 Å². The molecular weight excluding hydrogens is 286 g/mol. The number of aromatic nitrogens is 4. The van der Waals surface area contributed by atoms with Gasteiger partial charge in [0.2, 0.25) is 0 Å². The minimum absolute atomic E-state index is 0.688. The van der Waals surface area contributed by atoms with E-state index in [0.717, 1.165) is 35.6 Å². The standard InChI is InChI=1S/C18H21N5/c1-13-8-14(2)11-22(10-13)17-16-9-21-23(18(16)20-12-19-17)15-6-4-3-5-7-15/h3-7,9,12-14H,8,10-11H2,1-2H3/t13-,14+. The van der Waals surface area contributed by atoms with E-state index < -0.39 is 0 Å². The Hall–Kier alpha value is -2.43. The van der Waals surface area contributed by atoms with E-state index in [0.29, 0.717) is 11.8 Å². The van der Waals surface area contributed by atoms with Crippen LogP contribution in [0.3, 0.4) is 0 Å². The van der Waals surface area contributed by atoms with Gasteiger partial charge in [-0.2, -0.15) is 5.10 Å². The van der Waals surface area contributed by atoms with Gasteiger partial charge in [0.1, 0.15) is 12.1 Å². The molecule has 0 unspecified atom stereocenters. The van der Waals surface area contributed by atoms with Crippen LogP contribution in [0.4, 0.5) is 5.82 Å². The molecule has 0 amide bonds. The van der Waals surface area contributed by atoms with E-state index in [2.05, 4.69) is 33.8 Å². The largest absolute Gasteiger partial charge is 0.355 e. The van der Waals surface area contributed by atoms with Gasteiger partial charge in [-0.05, 0) is 30.4 Å². The molecular formula is C18H21N5. The van der Waals surface area contributed by atoms with Crippen molar-refractivity contribution < 1.29 is 0 Å². The van der Waals surface area contributed by atoms with E-state index in [4.69, 9.17) is 0 Å². The molecule has 1 aliphatic heterocycles. The van der Waals surface area contributed by atoms with Crippen molar-refractivity contribution in [3.63, 3.8) is 0 Å². The van der Waals surface area contributed by atoms with Crippen LogP contribution in [0.5, 0.6) is 0 Å². The Balaban J connectivity index is 1.79. The van der Waals surface area contributed by atoms with Gasteiger partial charge in [0.15, 0.2) is 5.65 Å². The van der Waals surface area contributed by atoms with Crippen LogP contribution in [0.1, 0.15) is 20.3 Å². The van der Waals surface area contributed by atoms with Crippen molar-refractivity contribution in [2.45, 2.75) is 20.3 Å². The number of fused-ring (bicyclic) bond motifs is 1. The molecule has 0 saturated carbocycles. The van der Waals surface area contributed by atoms with Crippen LogP contribution in [0.2, 0.25) is 0 Å². The van der Waals surface area contributed by atoms with Gasteiger partial charge in [-0.1, -0.05) is 32.0 Å². The molecule has 5 heteroatoms. The highest BCUT2D eigenvalue weighted by Gasteiger charge is 2.25. The highest BCUT2D eigenvalue weighted by atomic mass is 15.3. The number of hydrogen-bond donors (Lipinski definition) is 0. The SMILES string of the molecule is C[C@@H]1C[C@H](C)CN(c2ncnc3c2cnn3-c2ccccc2)C1. The molecule has 2 atom stereocenters. The second-order valence-electron chi connectivity index (χ2n) is 6.68. The molecule has 3 aromatic rings. The zero-order valence-electron chi connectivity index (χ0n) is 13.6. The number of anilines is 1. The molecule has 0 radical (unpaired) electrons. The van der Waals surface area contributed by atoms with Crippen molar-refractivity contribution in [1.29, 1.82) is 0 Å². The molecule has 0 aliphatic carbocycles. The first-order valence-electron chi connectivity index (χ1n) is 8.21. The molecule has 23 heavy (non-hydrogen) atoms. The zero-order valence-corrected chi connectivity index (χ0v) is 13.6. The van der Waals surface area contributed by atoms with Crippen molar-refractivity contribution in [3.05, 3.63) is 42.9 Å². The molecule has 118 valence electrons. The highest BCUT2D eigenvalue weighted by Crippen LogP contribution is 2.29. The predicted octanol–water partition coefficient (Wildman–Crippen LogP) is 3.30. The smallest absolute Gasteiger partial charge is 0.168 e. The van der Waals surface area contributed by atoms with Crippen molar-refractivity contribution in [3.8, 4) is 5.69 Å². The highest BCUT2D eigenvalue weighted by molar-refractivity contribution is 5.87. The van der Waals surface area contributed by atoms with Crippen LogP contribution < -0.4 is 4.90 Å². The summed E-state index contributed by atoms with van der Waals surface area (Å²) >= 11 is 0. The lowest BCUT2D eigenvalue weighted by Gasteiger charge is -2.35. The lowest BCUT2D eigenvalue weighted by Crippen LogP contribution is -2.39. The molecule has 1 aliphatic rings. The predicted molar refractivity (Wildman–Crippen MR) is 91.8 cm³/mol. The molecule has 5 nitrogen and oxygen atoms in total. The molecule has 1 fully saturated rings. The average Bonchev–Trinajstić information content (AvgIpc) is 2.98. The van der Waals surface area contributed by atoms with Gasteiger partial charge < -0.3 is 4.90 Å². The third kappa shape index (κ3) is 2.56. The number of hydrogen-bond acceptors (Lipinski definition) is 4. The average molecular weight is 307 g/mol. The summed E-state index contributed by atoms with van der Waals surface area (Å²) in [4.78, 5) is 11.4. The third-order valence-corrected chi connectivity index (χ3v) is 4.51. The Morgan fingerprint density at radius 3 is 2.48 bits per heavy atom.